The normalized spacial score (nSPS) is 22.8. The zero-order valence-corrected chi connectivity index (χ0v) is 10.5. The van der Waals surface area contributed by atoms with Gasteiger partial charge in [0.1, 0.15) is 0 Å². The number of benzene rings is 1. The Labute approximate surface area is 103 Å². The molecule has 0 radical (unpaired) electrons. The van der Waals surface area contributed by atoms with Crippen LogP contribution < -0.4 is 4.90 Å². The Bertz CT molecular complexity index is 422. The number of allylic oxidation sites excluding steroid dienone is 1. The lowest BCUT2D eigenvalue weighted by Crippen LogP contribution is -2.19. The van der Waals surface area contributed by atoms with Crippen molar-refractivity contribution in [2.75, 3.05) is 11.9 Å². The molecule has 0 unspecified atom stereocenters. The number of para-hydroxylation sites is 1. The van der Waals surface area contributed by atoms with Crippen LogP contribution in [-0.4, -0.2) is 12.8 Å². The number of hydrogen-bond acceptors (Lipinski definition) is 2. The van der Waals surface area contributed by atoms with Crippen molar-refractivity contribution in [1.29, 1.82) is 0 Å². The van der Waals surface area contributed by atoms with Gasteiger partial charge in [0, 0.05) is 30.9 Å². The molecular formula is C15H19NO. The van der Waals surface area contributed by atoms with Crippen LogP contribution in [0.15, 0.2) is 42.1 Å². The van der Waals surface area contributed by atoms with Crippen LogP contribution in [0.2, 0.25) is 0 Å². The molecular weight excluding hydrogens is 210 g/mol. The van der Waals surface area contributed by atoms with E-state index in [1.165, 1.54) is 0 Å². The highest BCUT2D eigenvalue weighted by atomic mass is 16.1. The molecule has 1 aromatic rings. The van der Waals surface area contributed by atoms with E-state index >= 15 is 0 Å². The highest BCUT2D eigenvalue weighted by Gasteiger charge is 2.20. The van der Waals surface area contributed by atoms with Crippen LogP contribution in [0.4, 0.5) is 5.69 Å². The van der Waals surface area contributed by atoms with Crippen molar-refractivity contribution in [3.05, 3.63) is 42.1 Å². The van der Waals surface area contributed by atoms with E-state index in [1.54, 1.807) is 0 Å². The van der Waals surface area contributed by atoms with Gasteiger partial charge in [-0.25, -0.2) is 0 Å². The van der Waals surface area contributed by atoms with E-state index in [2.05, 4.69) is 6.92 Å². The monoisotopic (exact) mass is 229 g/mol. The van der Waals surface area contributed by atoms with Crippen molar-refractivity contribution in [3.63, 3.8) is 0 Å². The van der Waals surface area contributed by atoms with Crippen LogP contribution >= 0.6 is 0 Å². The molecule has 0 bridgehead atoms. The summed E-state index contributed by atoms with van der Waals surface area (Å²) in [6.07, 6.45) is 4.73. The third-order valence-electron chi connectivity index (χ3n) is 3.31. The number of carbonyl (C=O) groups is 1. The predicted octanol–water partition coefficient (Wildman–Crippen LogP) is 3.40. The smallest absolute Gasteiger partial charge is 0.160 e. The summed E-state index contributed by atoms with van der Waals surface area (Å²) >= 11 is 0. The summed E-state index contributed by atoms with van der Waals surface area (Å²) in [5.74, 6) is 0.855. The molecule has 0 amide bonds. The molecule has 90 valence electrons. The summed E-state index contributed by atoms with van der Waals surface area (Å²) in [5.41, 5.74) is 2.08. The molecule has 0 spiro atoms. The Hall–Kier alpha value is -1.57. The maximum Gasteiger partial charge on any atom is 0.160 e. The Morgan fingerprint density at radius 2 is 2.00 bits per heavy atom. The van der Waals surface area contributed by atoms with E-state index in [0.29, 0.717) is 18.1 Å². The van der Waals surface area contributed by atoms with Gasteiger partial charge in [-0.3, -0.25) is 4.79 Å². The summed E-state index contributed by atoms with van der Waals surface area (Å²) in [6.45, 7) is 2.15. The van der Waals surface area contributed by atoms with Gasteiger partial charge >= 0.3 is 0 Å². The lowest BCUT2D eigenvalue weighted by atomic mass is 9.86. The van der Waals surface area contributed by atoms with Crippen LogP contribution in [0.5, 0.6) is 0 Å². The van der Waals surface area contributed by atoms with Gasteiger partial charge < -0.3 is 4.90 Å². The summed E-state index contributed by atoms with van der Waals surface area (Å²) in [6, 6.07) is 10.1. The maximum atomic E-state index is 11.9. The van der Waals surface area contributed by atoms with Gasteiger partial charge in [-0.2, -0.15) is 0 Å². The molecule has 1 aliphatic carbocycles. The van der Waals surface area contributed by atoms with Crippen molar-refractivity contribution >= 4 is 11.5 Å². The topological polar surface area (TPSA) is 20.3 Å². The molecule has 1 saturated carbocycles. The minimum Gasteiger partial charge on any atom is -0.351 e. The lowest BCUT2D eigenvalue weighted by Gasteiger charge is -2.22. The zero-order chi connectivity index (χ0) is 12.3. The fourth-order valence-electron chi connectivity index (χ4n) is 2.20. The third-order valence-corrected chi connectivity index (χ3v) is 3.31. The second-order valence-electron chi connectivity index (χ2n) is 4.87. The fraction of sp³-hybridized carbons (Fsp3) is 0.400. The molecule has 0 N–H and O–H groups in total. The zero-order valence-electron chi connectivity index (χ0n) is 10.5. The highest BCUT2D eigenvalue weighted by Crippen LogP contribution is 2.26. The summed E-state index contributed by atoms with van der Waals surface area (Å²) in [5, 5.41) is 0. The van der Waals surface area contributed by atoms with Crippen molar-refractivity contribution in [1.82, 2.24) is 0 Å². The van der Waals surface area contributed by atoms with E-state index in [-0.39, 0.29) is 0 Å². The minimum absolute atomic E-state index is 0.312. The SMILES string of the molecule is C[C@@H]1CCC(=CN(C)c2ccccc2)C(=O)C1. The fourth-order valence-corrected chi connectivity index (χ4v) is 2.20. The van der Waals surface area contributed by atoms with Gasteiger partial charge in [0.2, 0.25) is 0 Å². The number of rotatable bonds is 2. The van der Waals surface area contributed by atoms with Gasteiger partial charge in [0.05, 0.1) is 0 Å². The van der Waals surface area contributed by atoms with Gasteiger partial charge in [-0.1, -0.05) is 25.1 Å². The van der Waals surface area contributed by atoms with Crippen LogP contribution in [0.3, 0.4) is 0 Å². The molecule has 2 nitrogen and oxygen atoms in total. The number of anilines is 1. The first-order valence-electron chi connectivity index (χ1n) is 6.18. The lowest BCUT2D eigenvalue weighted by molar-refractivity contribution is -0.117. The van der Waals surface area contributed by atoms with Gasteiger partial charge in [-0.05, 0) is 30.9 Å². The summed E-state index contributed by atoms with van der Waals surface area (Å²) in [4.78, 5) is 13.9. The summed E-state index contributed by atoms with van der Waals surface area (Å²) < 4.78 is 0. The first-order chi connectivity index (χ1) is 8.16. The third kappa shape index (κ3) is 2.96. The van der Waals surface area contributed by atoms with E-state index in [4.69, 9.17) is 0 Å². The molecule has 0 heterocycles. The highest BCUT2D eigenvalue weighted by molar-refractivity contribution is 5.96. The van der Waals surface area contributed by atoms with Crippen molar-refractivity contribution < 1.29 is 4.79 Å². The van der Waals surface area contributed by atoms with Crippen LogP contribution in [0, 0.1) is 5.92 Å². The van der Waals surface area contributed by atoms with E-state index in [1.807, 2.05) is 48.5 Å². The molecule has 2 heteroatoms. The molecule has 2 rings (SSSR count). The standard InChI is InChI=1S/C15H19NO/c1-12-8-9-13(15(17)10-12)11-16(2)14-6-4-3-5-7-14/h3-7,11-12H,8-10H2,1-2H3/t12-/m1/s1. The van der Waals surface area contributed by atoms with Crippen LogP contribution in [0.1, 0.15) is 26.2 Å². The first-order valence-corrected chi connectivity index (χ1v) is 6.18. The maximum absolute atomic E-state index is 11.9. The van der Waals surface area contributed by atoms with E-state index in [0.717, 1.165) is 24.1 Å². The molecule has 17 heavy (non-hydrogen) atoms. The number of ketones is 1. The molecule has 0 aliphatic heterocycles. The summed E-state index contributed by atoms with van der Waals surface area (Å²) in [7, 11) is 1.99. The van der Waals surface area contributed by atoms with Gasteiger partial charge in [0.15, 0.2) is 5.78 Å². The largest absolute Gasteiger partial charge is 0.351 e. The van der Waals surface area contributed by atoms with Crippen LogP contribution in [0.25, 0.3) is 0 Å². The Morgan fingerprint density at radius 3 is 2.65 bits per heavy atom. The number of Topliss-reactive ketones (excluding diaryl/α,β-unsaturated/α-hetero) is 1. The van der Waals surface area contributed by atoms with Crippen molar-refractivity contribution in [2.45, 2.75) is 26.2 Å². The minimum atomic E-state index is 0.312. The number of hydrogen-bond donors (Lipinski definition) is 0. The average molecular weight is 229 g/mol. The molecule has 0 aromatic heterocycles. The molecule has 1 aromatic carbocycles. The van der Waals surface area contributed by atoms with E-state index < -0.39 is 0 Å². The second-order valence-corrected chi connectivity index (χ2v) is 4.87. The van der Waals surface area contributed by atoms with Crippen molar-refractivity contribution in [3.8, 4) is 0 Å². The van der Waals surface area contributed by atoms with Crippen molar-refractivity contribution in [2.24, 2.45) is 5.92 Å². The first kappa shape index (κ1) is 11.9. The number of nitrogens with zero attached hydrogens (tertiary/aromatic N) is 1. The van der Waals surface area contributed by atoms with Crippen LogP contribution in [-0.2, 0) is 4.79 Å². The average Bonchev–Trinajstić information content (AvgIpc) is 2.34. The predicted molar refractivity (Wildman–Crippen MR) is 71.0 cm³/mol. The number of carbonyl (C=O) groups excluding carboxylic acids is 1. The van der Waals surface area contributed by atoms with E-state index in [9.17, 15) is 4.79 Å². The molecule has 0 saturated heterocycles. The Kier molecular flexibility index (Phi) is 3.62. The Balaban J connectivity index is 2.12. The second kappa shape index (κ2) is 5.17. The molecule has 1 atom stereocenters. The quantitative estimate of drug-likeness (QED) is 0.724. The molecule has 1 fully saturated rings. The van der Waals surface area contributed by atoms with Gasteiger partial charge in [0.25, 0.3) is 0 Å². The Morgan fingerprint density at radius 1 is 1.29 bits per heavy atom. The van der Waals surface area contributed by atoms with Gasteiger partial charge in [-0.15, -0.1) is 0 Å². The molecule has 1 aliphatic rings.